The lowest BCUT2D eigenvalue weighted by atomic mass is 10.1. The molecular formula is C13H24N4O. The molecule has 5 heteroatoms. The van der Waals surface area contributed by atoms with Gasteiger partial charge in [-0.2, -0.15) is 0 Å². The number of amides is 1. The number of piperazine rings is 1. The minimum Gasteiger partial charge on any atom is -0.344 e. The van der Waals surface area contributed by atoms with Crippen LogP contribution in [0.1, 0.15) is 6.92 Å². The van der Waals surface area contributed by atoms with Crippen LogP contribution in [0.4, 0.5) is 0 Å². The number of carbonyl (C=O) groups excluding carboxylic acids is 1. The summed E-state index contributed by atoms with van der Waals surface area (Å²) < 4.78 is 0. The summed E-state index contributed by atoms with van der Waals surface area (Å²) in [6.07, 6.45) is 5.10. The first-order valence-corrected chi connectivity index (χ1v) is 6.38. The van der Waals surface area contributed by atoms with E-state index in [9.17, 15) is 4.79 Å². The second-order valence-corrected chi connectivity index (χ2v) is 4.95. The number of carbonyl (C=O) groups is 1. The molecular weight excluding hydrogens is 228 g/mol. The van der Waals surface area contributed by atoms with Crippen LogP contribution in [0.25, 0.3) is 0 Å². The number of hydrogen-bond acceptors (Lipinski definition) is 4. The molecule has 0 bridgehead atoms. The summed E-state index contributed by atoms with van der Waals surface area (Å²) in [6, 6.07) is 0.241. The molecule has 1 aliphatic rings. The van der Waals surface area contributed by atoms with Gasteiger partial charge in [-0.25, -0.2) is 0 Å². The van der Waals surface area contributed by atoms with E-state index in [4.69, 9.17) is 6.42 Å². The molecule has 2 atom stereocenters. The Kier molecular flexibility index (Phi) is 6.13. The third-order valence-corrected chi connectivity index (χ3v) is 3.40. The van der Waals surface area contributed by atoms with Crippen molar-refractivity contribution in [2.24, 2.45) is 0 Å². The maximum absolute atomic E-state index is 11.6. The lowest BCUT2D eigenvalue weighted by Crippen LogP contribution is -2.55. The van der Waals surface area contributed by atoms with Crippen LogP contribution in [0.15, 0.2) is 0 Å². The zero-order chi connectivity index (χ0) is 13.5. The lowest BCUT2D eigenvalue weighted by Gasteiger charge is -2.38. The third kappa shape index (κ3) is 4.65. The lowest BCUT2D eigenvalue weighted by molar-refractivity contribution is -0.122. The quantitative estimate of drug-likeness (QED) is 0.614. The maximum atomic E-state index is 11.6. The highest BCUT2D eigenvalue weighted by Gasteiger charge is 2.23. The topological polar surface area (TPSA) is 47.6 Å². The number of terminal acetylenes is 1. The number of rotatable bonds is 5. The van der Waals surface area contributed by atoms with Gasteiger partial charge in [-0.1, -0.05) is 5.92 Å². The van der Waals surface area contributed by atoms with E-state index in [0.29, 0.717) is 6.04 Å². The van der Waals surface area contributed by atoms with Crippen LogP contribution in [0.3, 0.4) is 0 Å². The Labute approximate surface area is 110 Å². The average molecular weight is 252 g/mol. The summed E-state index contributed by atoms with van der Waals surface area (Å²) in [4.78, 5) is 16.3. The molecule has 1 fully saturated rings. The van der Waals surface area contributed by atoms with Crippen molar-refractivity contribution in [1.82, 2.24) is 20.4 Å². The molecule has 1 rings (SSSR count). The van der Waals surface area contributed by atoms with Gasteiger partial charge in [0.2, 0.25) is 5.91 Å². The fraction of sp³-hybridized carbons (Fsp3) is 0.769. The van der Waals surface area contributed by atoms with Crippen LogP contribution < -0.4 is 10.6 Å². The molecule has 1 aliphatic heterocycles. The molecule has 0 spiro atoms. The summed E-state index contributed by atoms with van der Waals surface area (Å²) >= 11 is 0. The van der Waals surface area contributed by atoms with Gasteiger partial charge >= 0.3 is 0 Å². The maximum Gasteiger partial charge on any atom is 0.237 e. The molecule has 1 heterocycles. The van der Waals surface area contributed by atoms with Crippen molar-refractivity contribution in [3.05, 3.63) is 0 Å². The van der Waals surface area contributed by atoms with Crippen LogP contribution in [0.2, 0.25) is 0 Å². The smallest absolute Gasteiger partial charge is 0.237 e. The van der Waals surface area contributed by atoms with E-state index in [-0.39, 0.29) is 18.5 Å². The summed E-state index contributed by atoms with van der Waals surface area (Å²) in [5.41, 5.74) is 0. The molecule has 0 aromatic heterocycles. The molecule has 0 aromatic carbocycles. The van der Waals surface area contributed by atoms with Gasteiger partial charge in [-0.3, -0.25) is 9.69 Å². The van der Waals surface area contributed by atoms with Gasteiger partial charge in [0.25, 0.3) is 0 Å². The van der Waals surface area contributed by atoms with E-state index in [1.165, 1.54) is 0 Å². The Morgan fingerprint density at radius 2 is 2.22 bits per heavy atom. The number of nitrogens with zero attached hydrogens (tertiary/aromatic N) is 2. The molecule has 1 amide bonds. The molecule has 5 nitrogen and oxygen atoms in total. The molecule has 2 unspecified atom stereocenters. The average Bonchev–Trinajstić information content (AvgIpc) is 2.36. The second-order valence-electron chi connectivity index (χ2n) is 4.95. The Morgan fingerprint density at radius 3 is 2.89 bits per heavy atom. The predicted molar refractivity (Wildman–Crippen MR) is 73.2 cm³/mol. The summed E-state index contributed by atoms with van der Waals surface area (Å²) in [5.74, 6) is 2.36. The van der Waals surface area contributed by atoms with Gasteiger partial charge in [0, 0.05) is 32.2 Å². The summed E-state index contributed by atoms with van der Waals surface area (Å²) in [5, 5.41) is 5.94. The highest BCUT2D eigenvalue weighted by molar-refractivity contribution is 5.81. The molecule has 1 saturated heterocycles. The monoisotopic (exact) mass is 252 g/mol. The normalized spacial score (nSPS) is 23.3. The van der Waals surface area contributed by atoms with Gasteiger partial charge in [0.1, 0.15) is 0 Å². The Bertz CT molecular complexity index is 313. The zero-order valence-electron chi connectivity index (χ0n) is 11.6. The third-order valence-electron chi connectivity index (χ3n) is 3.40. The first kappa shape index (κ1) is 15.0. The highest BCUT2D eigenvalue weighted by Crippen LogP contribution is 2.04. The number of likely N-dealkylation sites (N-methyl/N-ethyl adjacent to an activating group) is 2. The van der Waals surface area contributed by atoms with Crippen LogP contribution in [0, 0.1) is 12.3 Å². The summed E-state index contributed by atoms with van der Waals surface area (Å²) in [6.45, 7) is 6.16. The van der Waals surface area contributed by atoms with E-state index in [1.54, 1.807) is 0 Å². The molecule has 18 heavy (non-hydrogen) atoms. The number of nitrogens with one attached hydrogen (secondary N) is 2. The van der Waals surface area contributed by atoms with Gasteiger partial charge in [-0.15, -0.1) is 6.42 Å². The Morgan fingerprint density at radius 1 is 1.50 bits per heavy atom. The molecule has 2 N–H and O–H groups in total. The Hall–Kier alpha value is -1.09. The SMILES string of the molecule is C#CCNC(=O)C(C)NCC1CN(C)CCN1C. The summed E-state index contributed by atoms with van der Waals surface area (Å²) in [7, 11) is 4.26. The second kappa shape index (κ2) is 7.37. The van der Waals surface area contributed by atoms with Crippen molar-refractivity contribution >= 4 is 5.91 Å². The largest absolute Gasteiger partial charge is 0.344 e. The van der Waals surface area contributed by atoms with Crippen molar-refractivity contribution in [1.29, 1.82) is 0 Å². The molecule has 102 valence electrons. The van der Waals surface area contributed by atoms with E-state index in [1.807, 2.05) is 6.92 Å². The first-order chi connectivity index (χ1) is 8.54. The van der Waals surface area contributed by atoms with Gasteiger partial charge in [0.05, 0.1) is 12.6 Å². The van der Waals surface area contributed by atoms with Crippen molar-refractivity contribution < 1.29 is 4.79 Å². The van der Waals surface area contributed by atoms with Crippen molar-refractivity contribution in [2.75, 3.05) is 46.8 Å². The van der Waals surface area contributed by atoms with Crippen LogP contribution in [-0.4, -0.2) is 74.6 Å². The van der Waals surface area contributed by atoms with Crippen molar-refractivity contribution in [2.45, 2.75) is 19.0 Å². The van der Waals surface area contributed by atoms with E-state index in [0.717, 1.165) is 26.2 Å². The molecule has 0 aromatic rings. The predicted octanol–water partition coefficient (Wildman–Crippen LogP) is -1.04. The van der Waals surface area contributed by atoms with E-state index < -0.39 is 0 Å². The molecule has 0 radical (unpaired) electrons. The number of hydrogen-bond donors (Lipinski definition) is 2. The van der Waals surface area contributed by atoms with Gasteiger partial charge in [0.15, 0.2) is 0 Å². The van der Waals surface area contributed by atoms with Crippen LogP contribution in [-0.2, 0) is 4.79 Å². The van der Waals surface area contributed by atoms with Crippen molar-refractivity contribution in [3.63, 3.8) is 0 Å². The molecule has 0 aliphatic carbocycles. The van der Waals surface area contributed by atoms with Crippen molar-refractivity contribution in [3.8, 4) is 12.3 Å². The first-order valence-electron chi connectivity index (χ1n) is 6.38. The van der Waals surface area contributed by atoms with E-state index >= 15 is 0 Å². The molecule has 0 saturated carbocycles. The minimum absolute atomic E-state index is 0.0419. The van der Waals surface area contributed by atoms with Gasteiger partial charge < -0.3 is 15.5 Å². The minimum atomic E-state index is -0.209. The Balaban J connectivity index is 2.30. The van der Waals surface area contributed by atoms with Crippen LogP contribution in [0.5, 0.6) is 0 Å². The fourth-order valence-electron chi connectivity index (χ4n) is 2.02. The van der Waals surface area contributed by atoms with E-state index in [2.05, 4.69) is 40.4 Å². The van der Waals surface area contributed by atoms with Gasteiger partial charge in [-0.05, 0) is 21.0 Å². The highest BCUT2D eigenvalue weighted by atomic mass is 16.2. The standard InChI is InChI=1S/C13H24N4O/c1-5-6-14-13(18)11(2)15-9-12-10-16(3)7-8-17(12)4/h1,11-12,15H,6-10H2,2-4H3,(H,14,18). The zero-order valence-corrected chi connectivity index (χ0v) is 11.6. The van der Waals surface area contributed by atoms with Crippen LogP contribution >= 0.6 is 0 Å². The fourth-order valence-corrected chi connectivity index (χ4v) is 2.02.